The molecule has 1 fully saturated rings. The Morgan fingerprint density at radius 3 is 2.83 bits per heavy atom. The third kappa shape index (κ3) is 2.17. The molecule has 1 atom stereocenters. The molecule has 0 bridgehead atoms. The van der Waals surface area contributed by atoms with Crippen LogP contribution in [-0.4, -0.2) is 25.3 Å². The van der Waals surface area contributed by atoms with E-state index in [0.717, 1.165) is 18.6 Å². The van der Waals surface area contributed by atoms with Gasteiger partial charge in [0.05, 0.1) is 6.61 Å². The first kappa shape index (κ1) is 8.93. The molecule has 0 amide bonds. The molecule has 12 heavy (non-hydrogen) atoms. The lowest BCUT2D eigenvalue weighted by Crippen LogP contribution is -2.11. The van der Waals surface area contributed by atoms with E-state index in [9.17, 15) is 0 Å². The number of rotatable bonds is 3. The highest BCUT2D eigenvalue weighted by Crippen LogP contribution is 2.19. The topological polar surface area (TPSA) is 83.0 Å². The van der Waals surface area contributed by atoms with Crippen molar-refractivity contribution in [2.24, 2.45) is 11.7 Å². The molecule has 1 heterocycles. The second-order valence-electron chi connectivity index (χ2n) is 2.80. The van der Waals surface area contributed by atoms with Crippen LogP contribution in [0.5, 0.6) is 0 Å². The zero-order valence-corrected chi connectivity index (χ0v) is 6.84. The monoisotopic (exact) mass is 169 g/mol. The molecule has 4 heteroatoms. The molecule has 0 aliphatic carbocycles. The van der Waals surface area contributed by atoms with E-state index in [2.05, 4.69) is 0 Å². The summed E-state index contributed by atoms with van der Waals surface area (Å²) in [6, 6.07) is 0. The summed E-state index contributed by atoms with van der Waals surface area (Å²) in [5, 5.41) is 14.2. The summed E-state index contributed by atoms with van der Waals surface area (Å²) in [6.07, 6.45) is 3.70. The predicted octanol–water partition coefficient (Wildman–Crippen LogP) is 0.781. The van der Waals surface area contributed by atoms with Crippen LogP contribution in [0.4, 0.5) is 0 Å². The van der Waals surface area contributed by atoms with E-state index in [1.165, 1.54) is 12.3 Å². The Labute approximate surface area is 72.9 Å². The Morgan fingerprint density at radius 2 is 2.42 bits per heavy atom. The van der Waals surface area contributed by atoms with E-state index in [1.807, 2.05) is 0 Å². The molecule has 1 aliphatic heterocycles. The molecule has 68 valence electrons. The van der Waals surface area contributed by atoms with Crippen molar-refractivity contribution < 1.29 is 6.16 Å². The molecular weight excluding hydrogens is 154 g/mol. The zero-order valence-electron chi connectivity index (χ0n) is 6.84. The number of nitrogens with one attached hydrogen (secondary N) is 2. The van der Waals surface area contributed by atoms with E-state index in [0.29, 0.717) is 6.61 Å². The van der Waals surface area contributed by atoms with Gasteiger partial charge in [0.1, 0.15) is 5.84 Å². The molecule has 0 aromatic rings. The normalized spacial score (nSPS) is 24.0. The predicted molar refractivity (Wildman–Crippen MR) is 49.8 cm³/mol. The summed E-state index contributed by atoms with van der Waals surface area (Å²) in [5.74, 6) is 0.256. The molecule has 4 N–H and O–H groups in total. The minimum absolute atomic E-state index is 0. The fraction of sp³-hybridized carbons (Fsp3) is 0.500. The Balaban J connectivity index is 0.00000144. The number of hydrogen-bond donors (Lipinski definition) is 3. The van der Waals surface area contributed by atoms with Crippen LogP contribution >= 0.6 is 0 Å². The van der Waals surface area contributed by atoms with Crippen LogP contribution in [-0.2, 0) is 4.74 Å². The van der Waals surface area contributed by atoms with Gasteiger partial charge >= 0.3 is 0 Å². The lowest BCUT2D eigenvalue weighted by molar-refractivity contribution is 0.191. The van der Waals surface area contributed by atoms with Crippen LogP contribution in [0.3, 0.4) is 0 Å². The van der Waals surface area contributed by atoms with Gasteiger partial charge in [-0.15, -0.1) is 0 Å². The molecule has 0 spiro atoms. The minimum atomic E-state index is 0. The second kappa shape index (κ2) is 4.01. The average molecular weight is 169 g/mol. The highest BCUT2D eigenvalue weighted by Gasteiger charge is 2.18. The molecule has 0 aromatic carbocycles. The number of hydrogen-bond acceptors (Lipinski definition) is 3. The molecule has 1 rings (SSSR count). The lowest BCUT2D eigenvalue weighted by Gasteiger charge is -2.06. The Morgan fingerprint density at radius 1 is 1.67 bits per heavy atom. The van der Waals surface area contributed by atoms with E-state index in [-0.39, 0.29) is 13.2 Å². The fourth-order valence-electron chi connectivity index (χ4n) is 1.25. The maximum atomic E-state index is 7.12. The Kier molecular flexibility index (Phi) is 2.99. The van der Waals surface area contributed by atoms with Gasteiger partial charge in [0.2, 0.25) is 0 Å². The van der Waals surface area contributed by atoms with Crippen molar-refractivity contribution >= 4 is 12.1 Å². The van der Waals surface area contributed by atoms with Crippen molar-refractivity contribution in [3.8, 4) is 0 Å². The van der Waals surface area contributed by atoms with Crippen LogP contribution in [0, 0.1) is 16.7 Å². The summed E-state index contributed by atoms with van der Waals surface area (Å²) in [7, 11) is 0. The summed E-state index contributed by atoms with van der Waals surface area (Å²) in [6.45, 7) is 1.39. The van der Waals surface area contributed by atoms with Gasteiger partial charge in [-0.25, -0.2) is 0 Å². The summed E-state index contributed by atoms with van der Waals surface area (Å²) < 4.78 is 5.17. The van der Waals surface area contributed by atoms with Gasteiger partial charge in [-0.3, -0.25) is 5.41 Å². The van der Waals surface area contributed by atoms with Gasteiger partial charge in [-0.2, -0.15) is 0 Å². The Hall–Kier alpha value is -1.16. The Bertz CT molecular complexity index is 221. The number of amidine groups is 1. The maximum absolute atomic E-state index is 7.12. The SMILES string of the molecule is N=C/C(=C\C(=N)N)C1CCOC1.[HH]. The zero-order chi connectivity index (χ0) is 8.97. The molecule has 1 aliphatic rings. The van der Waals surface area contributed by atoms with Crippen molar-refractivity contribution in [2.75, 3.05) is 13.2 Å². The first-order valence-corrected chi connectivity index (χ1v) is 3.88. The van der Waals surface area contributed by atoms with Gasteiger partial charge in [-0.1, -0.05) is 0 Å². The molecule has 0 aromatic heterocycles. The quantitative estimate of drug-likeness (QED) is 0.431. The molecule has 1 unspecified atom stereocenters. The summed E-state index contributed by atoms with van der Waals surface area (Å²) in [5.41, 5.74) is 5.99. The maximum Gasteiger partial charge on any atom is 0.115 e. The van der Waals surface area contributed by atoms with Crippen molar-refractivity contribution in [3.63, 3.8) is 0 Å². The van der Waals surface area contributed by atoms with E-state index < -0.39 is 0 Å². The number of nitrogens with two attached hydrogens (primary N) is 1. The third-order valence-electron chi connectivity index (χ3n) is 1.89. The second-order valence-corrected chi connectivity index (χ2v) is 2.80. The molecule has 1 saturated heterocycles. The van der Waals surface area contributed by atoms with E-state index in [1.54, 1.807) is 0 Å². The minimum Gasteiger partial charge on any atom is -0.384 e. The molecule has 0 radical (unpaired) electrons. The van der Waals surface area contributed by atoms with Crippen LogP contribution in [0.2, 0.25) is 0 Å². The largest absolute Gasteiger partial charge is 0.384 e. The molecule has 4 nitrogen and oxygen atoms in total. The van der Waals surface area contributed by atoms with Crippen LogP contribution in [0.25, 0.3) is 0 Å². The van der Waals surface area contributed by atoms with Gasteiger partial charge in [-0.05, 0) is 18.1 Å². The number of ether oxygens (including phenoxy) is 1. The van der Waals surface area contributed by atoms with Crippen molar-refractivity contribution in [3.05, 3.63) is 11.6 Å². The smallest absolute Gasteiger partial charge is 0.115 e. The summed E-state index contributed by atoms with van der Waals surface area (Å²) >= 11 is 0. The van der Waals surface area contributed by atoms with Crippen LogP contribution in [0.1, 0.15) is 7.85 Å². The first-order chi connectivity index (χ1) is 5.74. The van der Waals surface area contributed by atoms with Gasteiger partial charge in [0, 0.05) is 20.2 Å². The lowest BCUT2D eigenvalue weighted by atomic mass is 9.99. The van der Waals surface area contributed by atoms with E-state index >= 15 is 0 Å². The average Bonchev–Trinajstić information content (AvgIpc) is 2.51. The standard InChI is InChI=1S/C8H13N3O.H2/c9-4-7(3-8(10)11)6-1-2-12-5-6;/h3-4,6,9H,1-2,5H2,(H3,10,11);1H/b7-3+,9-4?;. The third-order valence-corrected chi connectivity index (χ3v) is 1.89. The highest BCUT2D eigenvalue weighted by molar-refractivity contribution is 5.94. The molecular formula is C8H15N3O. The molecule has 0 saturated carbocycles. The van der Waals surface area contributed by atoms with Gasteiger partial charge < -0.3 is 15.9 Å². The first-order valence-electron chi connectivity index (χ1n) is 3.88. The van der Waals surface area contributed by atoms with Gasteiger partial charge in [0.25, 0.3) is 0 Å². The van der Waals surface area contributed by atoms with E-state index in [4.69, 9.17) is 21.3 Å². The van der Waals surface area contributed by atoms with Crippen molar-refractivity contribution in [2.45, 2.75) is 6.42 Å². The highest BCUT2D eigenvalue weighted by atomic mass is 16.5. The van der Waals surface area contributed by atoms with Crippen molar-refractivity contribution in [1.82, 2.24) is 0 Å². The van der Waals surface area contributed by atoms with Crippen LogP contribution < -0.4 is 5.73 Å². The van der Waals surface area contributed by atoms with Crippen LogP contribution in [0.15, 0.2) is 11.6 Å². The summed E-state index contributed by atoms with van der Waals surface area (Å²) in [4.78, 5) is 0. The van der Waals surface area contributed by atoms with Crippen molar-refractivity contribution in [1.29, 1.82) is 10.8 Å². The van der Waals surface area contributed by atoms with Gasteiger partial charge in [0.15, 0.2) is 0 Å². The fourth-order valence-corrected chi connectivity index (χ4v) is 1.25.